The van der Waals surface area contributed by atoms with Crippen molar-refractivity contribution in [1.29, 1.82) is 0 Å². The Hall–Kier alpha value is -4.98. The van der Waals surface area contributed by atoms with E-state index in [9.17, 15) is 0 Å². The molecule has 6 aliphatic rings. The molecule has 12 nitrogen and oxygen atoms in total. The quantitative estimate of drug-likeness (QED) is 0.135. The van der Waals surface area contributed by atoms with Gasteiger partial charge in [0.25, 0.3) is 0 Å². The molecule has 0 atom stereocenters. The number of aryl methyl sites for hydroxylation is 24. The van der Waals surface area contributed by atoms with Crippen molar-refractivity contribution < 1.29 is 49.4 Å². The summed E-state index contributed by atoms with van der Waals surface area (Å²) in [7, 11) is -41.3. The Kier molecular flexibility index (Phi) is 15.9. The molecule has 0 aliphatic carbocycles. The van der Waals surface area contributed by atoms with Crippen molar-refractivity contribution in [2.24, 2.45) is 0 Å². The summed E-state index contributed by atoms with van der Waals surface area (Å²) in [6, 6.07) is 34.9. The zero-order valence-corrected chi connectivity index (χ0v) is 66.1. The van der Waals surface area contributed by atoms with E-state index in [4.69, 9.17) is 49.4 Å². The standard InChI is InChI=1S/C72H88O12Si8/c1-41-25-49(9)65(50(10)26-41)85-73-86(66-51(11)27-42(2)28-52(66)12)76-89(69-57(17)33-45(5)34-58(69)18)78-87(74-85,67-53(13)29-43(3)30-54(67)14)80-91(71-61(21)37-47(7)38-62(71)22)81-88(75-85,68-55(15)31-44(4)32-56(68)16)79-90(77-86,70-59(19)35-46(6)36-60(70)20)83-92(82-89,84-91)72-63(23)39-48(8)40-64(72)24/h25-40H,1-24H3. The summed E-state index contributed by atoms with van der Waals surface area (Å²) >= 11 is 0. The second-order valence-corrected chi connectivity index (χ2v) is 50.6. The maximum atomic E-state index is 9.05. The van der Waals surface area contributed by atoms with Gasteiger partial charge in [0.15, 0.2) is 0 Å². The van der Waals surface area contributed by atoms with Crippen LogP contribution in [0.3, 0.4) is 0 Å². The monoisotopic (exact) mass is 1370 g/mol. The lowest BCUT2D eigenvalue weighted by atomic mass is 10.1. The van der Waals surface area contributed by atoms with E-state index in [-0.39, 0.29) is 0 Å². The molecule has 92 heavy (non-hydrogen) atoms. The molecular weight excluding hydrogens is 1280 g/mol. The summed E-state index contributed by atoms with van der Waals surface area (Å²) in [4.78, 5) is 0. The third-order valence-corrected chi connectivity index (χ3v) is 56.1. The van der Waals surface area contributed by atoms with Crippen molar-refractivity contribution in [1.82, 2.24) is 0 Å². The molecule has 0 radical (unpaired) electrons. The van der Waals surface area contributed by atoms with Gasteiger partial charge in [-0.3, -0.25) is 0 Å². The third kappa shape index (κ3) is 10.2. The topological polar surface area (TPSA) is 111 Å². The SMILES string of the molecule is Cc1cc(C)c([Si]23O[Si]4(c5c(C)cc(C)cc5C)O[Si]5(c6c(C)cc(C)cc6C)O[Si](c6c(C)cc(C)cc6C)(O2)O[Si]2(c6c(C)cc(C)cc6C)O[Si](c6c(C)cc(C)cc6C)(O3)O[Si](c3c(C)cc(C)cc3C)(O4)O[Si](c3c(C)cc(C)cc3C)(O5)O2)c(C)c1. The number of rotatable bonds is 8. The summed E-state index contributed by atoms with van der Waals surface area (Å²) in [6.45, 7) is 50.8. The Morgan fingerprint density at radius 2 is 0.196 bits per heavy atom. The molecule has 0 spiro atoms. The molecule has 0 saturated carbocycles. The Labute approximate surface area is 554 Å². The lowest BCUT2D eigenvalue weighted by molar-refractivity contribution is -0.00316. The van der Waals surface area contributed by atoms with Crippen LogP contribution in [0.4, 0.5) is 0 Å². The summed E-state index contributed by atoms with van der Waals surface area (Å²) in [6.07, 6.45) is 0. The van der Waals surface area contributed by atoms with E-state index in [0.29, 0.717) is 41.5 Å². The fraction of sp³-hybridized carbons (Fsp3) is 0.333. The lowest BCUT2D eigenvalue weighted by Crippen LogP contribution is -2.97. The molecule has 8 aromatic carbocycles. The van der Waals surface area contributed by atoms with E-state index < -0.39 is 70.4 Å². The third-order valence-electron chi connectivity index (χ3n) is 19.1. The highest BCUT2D eigenvalue weighted by atomic mass is 28.6. The average Bonchev–Trinajstić information content (AvgIpc) is 0.657. The van der Waals surface area contributed by atoms with E-state index in [1.165, 1.54) is 0 Å². The first-order valence-corrected chi connectivity index (χ1v) is 45.9. The van der Waals surface area contributed by atoms with Crippen LogP contribution in [0.1, 0.15) is 134 Å². The minimum absolute atomic E-state index is 0.699. The van der Waals surface area contributed by atoms with Crippen LogP contribution < -0.4 is 41.5 Å². The summed E-state index contributed by atoms with van der Waals surface area (Å²) < 4.78 is 109. The first-order chi connectivity index (χ1) is 43.0. The minimum Gasteiger partial charge on any atom is -0.366 e. The van der Waals surface area contributed by atoms with E-state index >= 15 is 0 Å². The van der Waals surface area contributed by atoms with Crippen LogP contribution in [0.15, 0.2) is 97.1 Å². The molecule has 480 valence electrons. The van der Waals surface area contributed by atoms with E-state index in [0.717, 1.165) is 134 Å². The van der Waals surface area contributed by atoms with Crippen molar-refractivity contribution in [2.45, 2.75) is 166 Å². The highest BCUT2D eigenvalue weighted by molar-refractivity contribution is 7.15. The number of hydrogen-bond donors (Lipinski definition) is 0. The van der Waals surface area contributed by atoms with Gasteiger partial charge in [0, 0.05) is 41.5 Å². The van der Waals surface area contributed by atoms with Gasteiger partial charge in [-0.25, -0.2) is 0 Å². The molecule has 0 N–H and O–H groups in total. The van der Waals surface area contributed by atoms with Crippen LogP contribution in [0, 0.1) is 166 Å². The van der Waals surface area contributed by atoms with Crippen LogP contribution >= 0.6 is 0 Å². The maximum Gasteiger partial charge on any atom is 0.516 e. The van der Waals surface area contributed by atoms with Gasteiger partial charge >= 0.3 is 70.4 Å². The summed E-state index contributed by atoms with van der Waals surface area (Å²) in [5.74, 6) is 0. The Morgan fingerprint density at radius 1 is 0.130 bits per heavy atom. The van der Waals surface area contributed by atoms with Gasteiger partial charge in [-0.1, -0.05) is 142 Å². The van der Waals surface area contributed by atoms with E-state index in [2.05, 4.69) is 263 Å². The van der Waals surface area contributed by atoms with E-state index in [1.54, 1.807) is 0 Å². The Bertz CT molecular complexity index is 3410. The first kappa shape index (κ1) is 65.7. The predicted octanol–water partition coefficient (Wildman–Crippen LogP) is 10.4. The molecule has 8 bridgehead atoms. The largest absolute Gasteiger partial charge is 0.516 e. The minimum atomic E-state index is -5.16. The van der Waals surface area contributed by atoms with Gasteiger partial charge in [0.05, 0.1) is 0 Å². The molecule has 6 heterocycles. The smallest absolute Gasteiger partial charge is 0.366 e. The molecule has 6 fully saturated rings. The van der Waals surface area contributed by atoms with Crippen LogP contribution in [-0.4, -0.2) is 70.4 Å². The zero-order valence-electron chi connectivity index (χ0n) is 58.1. The number of benzene rings is 8. The molecule has 0 aromatic heterocycles. The van der Waals surface area contributed by atoms with Crippen LogP contribution in [0.2, 0.25) is 0 Å². The fourth-order valence-corrected chi connectivity index (χ4v) is 65.8. The number of hydrogen-bond acceptors (Lipinski definition) is 12. The van der Waals surface area contributed by atoms with Gasteiger partial charge in [-0.15, -0.1) is 0 Å². The van der Waals surface area contributed by atoms with Crippen molar-refractivity contribution in [2.75, 3.05) is 0 Å². The second-order valence-electron chi connectivity index (χ2n) is 27.9. The Balaban J connectivity index is 1.39. The summed E-state index contributed by atoms with van der Waals surface area (Å²) in [5.41, 5.74) is 22.3. The Morgan fingerprint density at radius 3 is 0.261 bits per heavy atom. The normalized spacial score (nSPS) is 28.3. The van der Waals surface area contributed by atoms with Crippen molar-refractivity contribution in [3.63, 3.8) is 0 Å². The van der Waals surface area contributed by atoms with Crippen LogP contribution in [-0.2, 0) is 49.4 Å². The maximum absolute atomic E-state index is 9.05. The molecule has 6 saturated heterocycles. The average molecular weight is 1370 g/mol. The van der Waals surface area contributed by atoms with Crippen LogP contribution in [0.5, 0.6) is 0 Å². The zero-order chi connectivity index (χ0) is 66.3. The van der Waals surface area contributed by atoms with Crippen molar-refractivity contribution in [3.8, 4) is 0 Å². The lowest BCUT2D eigenvalue weighted by Gasteiger charge is -2.63. The van der Waals surface area contributed by atoms with Crippen LogP contribution in [0.25, 0.3) is 0 Å². The van der Waals surface area contributed by atoms with Gasteiger partial charge in [-0.2, -0.15) is 0 Å². The van der Waals surface area contributed by atoms with Crippen molar-refractivity contribution in [3.05, 3.63) is 231 Å². The van der Waals surface area contributed by atoms with Crippen molar-refractivity contribution >= 4 is 112 Å². The fourth-order valence-electron chi connectivity index (χ4n) is 17.2. The highest BCUT2D eigenvalue weighted by Crippen LogP contribution is 2.51. The first-order valence-electron chi connectivity index (χ1n) is 32.1. The van der Waals surface area contributed by atoms with Gasteiger partial charge < -0.3 is 49.4 Å². The molecule has 20 heteroatoms. The van der Waals surface area contributed by atoms with Gasteiger partial charge in [-0.05, 0) is 255 Å². The highest BCUT2D eigenvalue weighted by Gasteiger charge is 2.88. The molecule has 0 unspecified atom stereocenters. The molecule has 8 aromatic rings. The molecular formula is C72H88O12Si8. The van der Waals surface area contributed by atoms with E-state index in [1.807, 2.05) is 0 Å². The summed E-state index contributed by atoms with van der Waals surface area (Å²) in [5, 5.41) is 5.59. The molecule has 14 rings (SSSR count). The second kappa shape index (κ2) is 22.3. The molecule has 6 aliphatic heterocycles. The predicted molar refractivity (Wildman–Crippen MR) is 381 cm³/mol. The van der Waals surface area contributed by atoms with Gasteiger partial charge in [0.2, 0.25) is 0 Å². The van der Waals surface area contributed by atoms with Gasteiger partial charge in [0.1, 0.15) is 0 Å². The molecule has 0 amide bonds.